The van der Waals surface area contributed by atoms with E-state index >= 15 is 0 Å². The summed E-state index contributed by atoms with van der Waals surface area (Å²) in [6, 6.07) is 9.38. The lowest BCUT2D eigenvalue weighted by molar-refractivity contribution is 0.0974. The van der Waals surface area contributed by atoms with Crippen molar-refractivity contribution < 1.29 is 13.6 Å². The highest BCUT2D eigenvalue weighted by molar-refractivity contribution is 5.96. The Hall–Kier alpha value is -2.10. The van der Waals surface area contributed by atoms with Crippen LogP contribution in [-0.4, -0.2) is 19.4 Å². The average molecular weight is 233 g/mol. The van der Waals surface area contributed by atoms with E-state index in [0.717, 1.165) is 0 Å². The minimum Gasteiger partial charge on any atom is -0.461 e. The summed E-state index contributed by atoms with van der Waals surface area (Å²) in [5.74, 6) is -0.144. The maximum Gasteiger partial charge on any atom is 0.217 e. The molecule has 2 aromatic rings. The van der Waals surface area contributed by atoms with Gasteiger partial charge in [0.25, 0.3) is 0 Å². The molecule has 88 valence electrons. The van der Waals surface area contributed by atoms with Gasteiger partial charge in [-0.15, -0.1) is 0 Å². The predicted octanol–water partition coefficient (Wildman–Crippen LogP) is 2.74. The standard InChI is InChI=1S/C13H12FNO2/c1-15(11-5-2-4-10(14)8-11)9-12(16)13-6-3-7-17-13/h2-8H,9H2,1H3. The molecule has 3 nitrogen and oxygen atoms in total. The molecule has 1 aromatic heterocycles. The fourth-order valence-electron chi connectivity index (χ4n) is 1.54. The van der Waals surface area contributed by atoms with Gasteiger partial charge in [0.1, 0.15) is 5.82 Å². The van der Waals surface area contributed by atoms with Crippen molar-refractivity contribution in [1.82, 2.24) is 0 Å². The lowest BCUT2D eigenvalue weighted by Gasteiger charge is -2.17. The first-order valence-corrected chi connectivity index (χ1v) is 5.20. The first kappa shape index (κ1) is 11.4. The zero-order chi connectivity index (χ0) is 12.3. The summed E-state index contributed by atoms with van der Waals surface area (Å²) in [5.41, 5.74) is 0.657. The molecule has 0 radical (unpaired) electrons. The molecular formula is C13H12FNO2. The summed E-state index contributed by atoms with van der Waals surface area (Å²) in [6.07, 6.45) is 1.45. The Bertz CT molecular complexity index is 508. The lowest BCUT2D eigenvalue weighted by Crippen LogP contribution is -2.25. The van der Waals surface area contributed by atoms with Crippen LogP contribution in [-0.2, 0) is 0 Å². The molecule has 0 spiro atoms. The molecule has 0 N–H and O–H groups in total. The second kappa shape index (κ2) is 4.82. The van der Waals surface area contributed by atoms with Gasteiger partial charge in [0.2, 0.25) is 5.78 Å². The molecule has 1 aromatic carbocycles. The van der Waals surface area contributed by atoms with E-state index in [1.54, 1.807) is 36.2 Å². The molecule has 0 atom stereocenters. The number of likely N-dealkylation sites (N-methyl/N-ethyl adjacent to an activating group) is 1. The van der Waals surface area contributed by atoms with Crippen molar-refractivity contribution in [2.75, 3.05) is 18.5 Å². The SMILES string of the molecule is CN(CC(=O)c1ccco1)c1cccc(F)c1. The Balaban J connectivity index is 2.07. The molecule has 0 unspecified atom stereocenters. The summed E-state index contributed by atoms with van der Waals surface area (Å²) in [5, 5.41) is 0. The third-order valence-corrected chi connectivity index (χ3v) is 2.43. The minimum atomic E-state index is -0.320. The number of halogens is 1. The van der Waals surface area contributed by atoms with Crippen LogP contribution in [0.3, 0.4) is 0 Å². The van der Waals surface area contributed by atoms with Gasteiger partial charge in [0.15, 0.2) is 5.76 Å². The molecule has 0 amide bonds. The summed E-state index contributed by atoms with van der Waals surface area (Å²) in [6.45, 7) is 0.150. The number of ketones is 1. The van der Waals surface area contributed by atoms with Gasteiger partial charge in [-0.1, -0.05) is 6.07 Å². The summed E-state index contributed by atoms with van der Waals surface area (Å²) in [7, 11) is 1.73. The minimum absolute atomic E-state index is 0.137. The van der Waals surface area contributed by atoms with Gasteiger partial charge in [-0.05, 0) is 30.3 Å². The van der Waals surface area contributed by atoms with Gasteiger partial charge in [-0.3, -0.25) is 4.79 Å². The van der Waals surface area contributed by atoms with Crippen LogP contribution in [0.5, 0.6) is 0 Å². The second-order valence-corrected chi connectivity index (χ2v) is 3.74. The number of hydrogen-bond donors (Lipinski definition) is 0. The van der Waals surface area contributed by atoms with E-state index in [4.69, 9.17) is 4.42 Å². The maximum atomic E-state index is 13.0. The number of rotatable bonds is 4. The largest absolute Gasteiger partial charge is 0.461 e. The third-order valence-electron chi connectivity index (χ3n) is 2.43. The number of carbonyl (C=O) groups is 1. The number of furan rings is 1. The molecule has 0 saturated heterocycles. The van der Waals surface area contributed by atoms with E-state index < -0.39 is 0 Å². The number of nitrogens with zero attached hydrogens (tertiary/aromatic N) is 1. The Kier molecular flexibility index (Phi) is 3.23. The van der Waals surface area contributed by atoms with Crippen molar-refractivity contribution in [3.05, 3.63) is 54.2 Å². The molecule has 1 heterocycles. The van der Waals surface area contributed by atoms with Gasteiger partial charge in [0.05, 0.1) is 12.8 Å². The first-order chi connectivity index (χ1) is 8.16. The fraction of sp³-hybridized carbons (Fsp3) is 0.154. The average Bonchev–Trinajstić information content (AvgIpc) is 2.82. The van der Waals surface area contributed by atoms with Crippen LogP contribution in [0.15, 0.2) is 47.1 Å². The molecule has 0 aliphatic rings. The quantitative estimate of drug-likeness (QED) is 0.761. The van der Waals surface area contributed by atoms with Crippen molar-refractivity contribution in [3.63, 3.8) is 0 Å². The Morgan fingerprint density at radius 3 is 2.82 bits per heavy atom. The number of hydrogen-bond acceptors (Lipinski definition) is 3. The van der Waals surface area contributed by atoms with Crippen molar-refractivity contribution in [2.45, 2.75) is 0 Å². The highest BCUT2D eigenvalue weighted by Crippen LogP contribution is 2.14. The van der Waals surface area contributed by atoms with Gasteiger partial charge >= 0.3 is 0 Å². The third kappa shape index (κ3) is 2.72. The van der Waals surface area contributed by atoms with Crippen LogP contribution in [0.25, 0.3) is 0 Å². The van der Waals surface area contributed by atoms with Crippen LogP contribution in [0.2, 0.25) is 0 Å². The summed E-state index contributed by atoms with van der Waals surface area (Å²) in [4.78, 5) is 13.4. The smallest absolute Gasteiger partial charge is 0.217 e. The van der Waals surface area contributed by atoms with Crippen LogP contribution < -0.4 is 4.90 Å². The van der Waals surface area contributed by atoms with Crippen LogP contribution in [0.4, 0.5) is 10.1 Å². The molecule has 0 saturated carbocycles. The van der Waals surface area contributed by atoms with E-state index in [1.165, 1.54) is 18.4 Å². The molecule has 17 heavy (non-hydrogen) atoms. The lowest BCUT2D eigenvalue weighted by atomic mass is 10.2. The van der Waals surface area contributed by atoms with Crippen molar-refractivity contribution in [3.8, 4) is 0 Å². The Morgan fingerprint density at radius 2 is 2.18 bits per heavy atom. The molecule has 0 aliphatic heterocycles. The van der Waals surface area contributed by atoms with Crippen LogP contribution in [0, 0.1) is 5.82 Å². The Morgan fingerprint density at radius 1 is 1.35 bits per heavy atom. The van der Waals surface area contributed by atoms with E-state index in [2.05, 4.69) is 0 Å². The van der Waals surface area contributed by atoms with Gasteiger partial charge in [0, 0.05) is 12.7 Å². The molecular weight excluding hydrogens is 221 g/mol. The molecule has 0 aliphatic carbocycles. The van der Waals surface area contributed by atoms with Gasteiger partial charge in [-0.25, -0.2) is 4.39 Å². The highest BCUT2D eigenvalue weighted by atomic mass is 19.1. The second-order valence-electron chi connectivity index (χ2n) is 3.74. The van der Waals surface area contributed by atoms with Gasteiger partial charge < -0.3 is 9.32 Å². The van der Waals surface area contributed by atoms with E-state index in [-0.39, 0.29) is 18.1 Å². The Labute approximate surface area is 98.5 Å². The topological polar surface area (TPSA) is 33.5 Å². The number of Topliss-reactive ketones (excluding diaryl/α,β-unsaturated/α-hetero) is 1. The van der Waals surface area contributed by atoms with Crippen molar-refractivity contribution >= 4 is 11.5 Å². The monoisotopic (exact) mass is 233 g/mol. The first-order valence-electron chi connectivity index (χ1n) is 5.20. The van der Waals surface area contributed by atoms with E-state index in [1.807, 2.05) is 0 Å². The van der Waals surface area contributed by atoms with E-state index in [9.17, 15) is 9.18 Å². The fourth-order valence-corrected chi connectivity index (χ4v) is 1.54. The molecule has 0 fully saturated rings. The molecule has 0 bridgehead atoms. The van der Waals surface area contributed by atoms with E-state index in [0.29, 0.717) is 11.4 Å². The summed E-state index contributed by atoms with van der Waals surface area (Å²) >= 11 is 0. The van der Waals surface area contributed by atoms with Crippen LogP contribution in [0.1, 0.15) is 10.6 Å². The molecule has 4 heteroatoms. The number of benzene rings is 1. The van der Waals surface area contributed by atoms with Crippen molar-refractivity contribution in [2.24, 2.45) is 0 Å². The zero-order valence-electron chi connectivity index (χ0n) is 9.39. The number of carbonyl (C=O) groups excluding carboxylic acids is 1. The molecule has 2 rings (SSSR count). The van der Waals surface area contributed by atoms with Gasteiger partial charge in [-0.2, -0.15) is 0 Å². The highest BCUT2D eigenvalue weighted by Gasteiger charge is 2.12. The maximum absolute atomic E-state index is 13.0. The summed E-state index contributed by atoms with van der Waals surface area (Å²) < 4.78 is 18.0. The number of anilines is 1. The zero-order valence-corrected chi connectivity index (χ0v) is 9.39. The van der Waals surface area contributed by atoms with Crippen LogP contribution >= 0.6 is 0 Å². The predicted molar refractivity (Wildman–Crippen MR) is 62.7 cm³/mol. The van der Waals surface area contributed by atoms with Crippen molar-refractivity contribution in [1.29, 1.82) is 0 Å². The normalized spacial score (nSPS) is 10.2.